The Bertz CT molecular complexity index is 1390. The second-order valence-electron chi connectivity index (χ2n) is 13.7. The van der Waals surface area contributed by atoms with Gasteiger partial charge in [0.2, 0.25) is 0 Å². The Balaban J connectivity index is 0.000000315. The number of hydrogen-bond acceptors (Lipinski definition) is 0. The zero-order chi connectivity index (χ0) is 28.9. The van der Waals surface area contributed by atoms with Crippen LogP contribution in [0.1, 0.15) is 120 Å². The molecular weight excluding hydrogens is 619 g/mol. The zero-order valence-electron chi connectivity index (χ0n) is 26.7. The molecule has 0 aromatic heterocycles. The Morgan fingerprint density at radius 1 is 0.854 bits per heavy atom. The van der Waals surface area contributed by atoms with Crippen molar-refractivity contribution in [3.8, 4) is 11.1 Å². The first-order valence-corrected chi connectivity index (χ1v) is 16.2. The molecule has 0 N–H and O–H groups in total. The van der Waals surface area contributed by atoms with E-state index in [1.165, 1.54) is 104 Å². The summed E-state index contributed by atoms with van der Waals surface area (Å²) in [6, 6.07) is 16.7. The number of hydrogen-bond donors (Lipinski definition) is 0. The van der Waals surface area contributed by atoms with Gasteiger partial charge in [0.05, 0.1) is 0 Å². The molecule has 3 heteroatoms. The maximum atomic E-state index is 3.65. The van der Waals surface area contributed by atoms with E-state index in [0.29, 0.717) is 5.41 Å². The molecule has 0 unspecified atom stereocenters. The molecule has 218 valence electrons. The van der Waals surface area contributed by atoms with E-state index in [9.17, 15) is 0 Å². The summed E-state index contributed by atoms with van der Waals surface area (Å²) in [6.07, 6.45) is 9.60. The number of benzene rings is 2. The van der Waals surface area contributed by atoms with Crippen molar-refractivity contribution in [1.82, 2.24) is 0 Å². The maximum absolute atomic E-state index is 3.65. The molecule has 3 aliphatic rings. The Morgan fingerprint density at radius 2 is 1.41 bits per heavy atom. The number of allylic oxidation sites excluding steroid dienone is 4. The van der Waals surface area contributed by atoms with Crippen LogP contribution in [0.2, 0.25) is 0 Å². The monoisotopic (exact) mass is 662 g/mol. The van der Waals surface area contributed by atoms with E-state index >= 15 is 0 Å². The summed E-state index contributed by atoms with van der Waals surface area (Å²) in [5.41, 5.74) is 17.8. The van der Waals surface area contributed by atoms with Crippen molar-refractivity contribution in [3.63, 3.8) is 0 Å². The molecule has 0 saturated carbocycles. The Kier molecular flexibility index (Phi) is 11.4. The minimum atomic E-state index is 0. The fourth-order valence-corrected chi connectivity index (χ4v) is 6.68. The second-order valence-corrected chi connectivity index (χ2v) is 13.7. The molecule has 0 heterocycles. The number of rotatable bonds is 2. The molecule has 0 fully saturated rings. The Morgan fingerprint density at radius 3 is 1.95 bits per heavy atom. The third-order valence-electron chi connectivity index (χ3n) is 8.65. The van der Waals surface area contributed by atoms with Gasteiger partial charge < -0.3 is 24.8 Å². The molecule has 3 aromatic rings. The van der Waals surface area contributed by atoms with Crippen molar-refractivity contribution < 1.29 is 49.0 Å². The van der Waals surface area contributed by atoms with Gasteiger partial charge in [0, 0.05) is 5.41 Å². The smallest absolute Gasteiger partial charge is 1.00 e. The molecule has 3 aromatic carbocycles. The van der Waals surface area contributed by atoms with Gasteiger partial charge in [-0.2, -0.15) is 28.8 Å². The molecule has 0 aliphatic heterocycles. The van der Waals surface area contributed by atoms with Crippen LogP contribution in [0.25, 0.3) is 22.3 Å². The summed E-state index contributed by atoms with van der Waals surface area (Å²) in [6.45, 7) is 22.7. The fraction of sp³-hybridized carbons (Fsp3) is 0.421. The van der Waals surface area contributed by atoms with Crippen LogP contribution in [0.15, 0.2) is 48.5 Å². The maximum Gasteiger partial charge on any atom is -1.00 e. The van der Waals surface area contributed by atoms with Gasteiger partial charge in [-0.15, -0.1) is 11.6 Å². The number of fused-ring (bicyclic) bond motifs is 5. The average molecular weight is 665 g/mol. The van der Waals surface area contributed by atoms with Crippen molar-refractivity contribution in [2.45, 2.75) is 105 Å². The molecule has 41 heavy (non-hydrogen) atoms. The van der Waals surface area contributed by atoms with E-state index in [0.717, 1.165) is 6.42 Å². The van der Waals surface area contributed by atoms with Gasteiger partial charge >= 0.3 is 28.4 Å². The van der Waals surface area contributed by atoms with Crippen molar-refractivity contribution in [3.05, 3.63) is 99.1 Å². The van der Waals surface area contributed by atoms with Crippen molar-refractivity contribution in [1.29, 1.82) is 0 Å². The van der Waals surface area contributed by atoms with Gasteiger partial charge in [0.1, 0.15) is 0 Å². The summed E-state index contributed by atoms with van der Waals surface area (Å²) in [5.74, 6) is 0. The van der Waals surface area contributed by atoms with E-state index in [2.05, 4.69) is 128 Å². The zero-order valence-corrected chi connectivity index (χ0v) is 30.7. The molecule has 0 bridgehead atoms. The predicted octanol–water partition coefficient (Wildman–Crippen LogP) is 4.08. The van der Waals surface area contributed by atoms with Gasteiger partial charge in [-0.3, -0.25) is 6.08 Å². The predicted molar refractivity (Wildman–Crippen MR) is 169 cm³/mol. The molecule has 3 aliphatic carbocycles. The molecule has 0 radical (unpaired) electrons. The normalized spacial score (nSPS) is 16.2. The third-order valence-corrected chi connectivity index (χ3v) is 8.65. The van der Waals surface area contributed by atoms with E-state index in [-0.39, 0.29) is 35.6 Å². The van der Waals surface area contributed by atoms with E-state index in [4.69, 9.17) is 0 Å². The summed E-state index contributed by atoms with van der Waals surface area (Å²) in [7, 11) is 0. The first-order valence-electron chi connectivity index (χ1n) is 14.5. The van der Waals surface area contributed by atoms with Crippen LogP contribution in [-0.4, -0.2) is 4.21 Å². The average Bonchev–Trinajstić information content (AvgIpc) is 3.57. The minimum absolute atomic E-state index is 0. The Hall–Kier alpha value is -1.40. The fourth-order valence-electron chi connectivity index (χ4n) is 6.68. The van der Waals surface area contributed by atoms with Crippen molar-refractivity contribution in [2.24, 2.45) is 0 Å². The van der Waals surface area contributed by atoms with Gasteiger partial charge in [0.25, 0.3) is 0 Å². The molecule has 0 atom stereocenters. The summed E-state index contributed by atoms with van der Waals surface area (Å²) < 4.78 is 3.34. The van der Waals surface area contributed by atoms with Crippen LogP contribution >= 0.6 is 0 Å². The standard InChI is InChI=1S/C25H25.C12H19.CH2.2ClH.Zr/c1-14-12-24(3,4)22-8-16-7-17-9-23-19(15(2)13-25(23,5)6)11-21(17)20(16)10-18(14)22;1-5-6-10-7-8-11(9-10)12(2,3)4;;;;/h8-12H,7H2,1-6H3;7-9H,5-6H2,1-4H3;1H2;2*1H;/q2*-1;;;;+2/p-2. The molecule has 6 rings (SSSR count). The van der Waals surface area contributed by atoms with Gasteiger partial charge in [-0.05, 0) is 58.4 Å². The number of aryl methyl sites for hydroxylation is 1. The first-order chi connectivity index (χ1) is 18.2. The summed E-state index contributed by atoms with van der Waals surface area (Å²) >= 11 is 1.30. The molecular formula is C38H46Cl2Zr-2. The van der Waals surface area contributed by atoms with Crippen LogP contribution in [0.5, 0.6) is 0 Å². The first kappa shape index (κ1) is 35.8. The molecule has 0 spiro atoms. The van der Waals surface area contributed by atoms with Crippen molar-refractivity contribution in [2.75, 3.05) is 0 Å². The largest absolute Gasteiger partial charge is 1.00 e. The van der Waals surface area contributed by atoms with Crippen LogP contribution in [0, 0.1) is 6.08 Å². The van der Waals surface area contributed by atoms with Gasteiger partial charge in [-0.25, -0.2) is 11.6 Å². The molecule has 0 saturated heterocycles. The SMILES string of the molecule is CC1=[C-]C(C)(C)c2cc3c(cc21)-c1cc2c(cc1C3)C(C)(C)C=C2C.CCCc1cc(C(C)(C)C)c[cH-]1.[CH2]=[Zr+2].[Cl-].[Cl-]. The van der Waals surface area contributed by atoms with Gasteiger partial charge in [-0.1, -0.05) is 104 Å². The molecule has 0 amide bonds. The quantitative estimate of drug-likeness (QED) is 0.284. The summed E-state index contributed by atoms with van der Waals surface area (Å²) in [4.78, 5) is 0. The third kappa shape index (κ3) is 6.90. The topological polar surface area (TPSA) is 0 Å². The van der Waals surface area contributed by atoms with Crippen LogP contribution < -0.4 is 24.8 Å². The summed E-state index contributed by atoms with van der Waals surface area (Å²) in [5, 5.41) is 0. The van der Waals surface area contributed by atoms with E-state index < -0.39 is 0 Å². The second kappa shape index (κ2) is 13.1. The van der Waals surface area contributed by atoms with Crippen LogP contribution in [0.4, 0.5) is 0 Å². The Labute approximate surface area is 277 Å². The van der Waals surface area contributed by atoms with Crippen molar-refractivity contribution >= 4 is 15.4 Å². The van der Waals surface area contributed by atoms with E-state index in [1.807, 2.05) is 0 Å². The molecule has 0 nitrogen and oxygen atoms in total. The minimum Gasteiger partial charge on any atom is -1.00 e. The van der Waals surface area contributed by atoms with Gasteiger partial charge in [0.15, 0.2) is 0 Å². The van der Waals surface area contributed by atoms with Crippen LogP contribution in [-0.2, 0) is 53.3 Å². The number of halogens is 2. The van der Waals surface area contributed by atoms with Crippen LogP contribution in [0.3, 0.4) is 0 Å². The van der Waals surface area contributed by atoms with E-state index in [1.54, 1.807) is 0 Å².